The van der Waals surface area contributed by atoms with Gasteiger partial charge in [-0.15, -0.1) is 0 Å². The number of aryl methyl sites for hydroxylation is 1. The Morgan fingerprint density at radius 1 is 0.947 bits per heavy atom. The summed E-state index contributed by atoms with van der Waals surface area (Å²) in [5.41, 5.74) is 4.97. The summed E-state index contributed by atoms with van der Waals surface area (Å²) in [6.07, 6.45) is 3.12. The summed E-state index contributed by atoms with van der Waals surface area (Å²) in [7, 11) is 0. The Balaban J connectivity index is 1.58. The first kappa shape index (κ1) is 23.7. The van der Waals surface area contributed by atoms with Gasteiger partial charge in [-0.2, -0.15) is 0 Å². The average molecular weight is 505 g/mol. The molecule has 6 rings (SSSR count). The number of fused-ring (bicyclic) bond motifs is 2. The minimum Gasteiger partial charge on any atom is -0.494 e. The zero-order chi connectivity index (χ0) is 26.3. The van der Waals surface area contributed by atoms with E-state index in [1.54, 1.807) is 6.20 Å². The molecule has 0 saturated heterocycles. The molecule has 1 unspecified atom stereocenters. The fourth-order valence-electron chi connectivity index (χ4n) is 5.51. The molecule has 0 aliphatic carbocycles. The summed E-state index contributed by atoms with van der Waals surface area (Å²) in [5.74, 6) is 0.307. The van der Waals surface area contributed by atoms with E-state index in [0.717, 1.165) is 51.3 Å². The van der Waals surface area contributed by atoms with Crippen LogP contribution in [0.15, 0.2) is 85.2 Å². The number of rotatable bonds is 7. The Bertz CT molecular complexity index is 1660. The van der Waals surface area contributed by atoms with Crippen LogP contribution in [0.4, 0.5) is 5.69 Å². The van der Waals surface area contributed by atoms with E-state index in [9.17, 15) is 4.79 Å². The minimum atomic E-state index is -1.37. The topological polar surface area (TPSA) is 78.3 Å². The van der Waals surface area contributed by atoms with Gasteiger partial charge in [0.05, 0.1) is 12.2 Å². The Kier molecular flexibility index (Phi) is 5.83. The van der Waals surface area contributed by atoms with Crippen molar-refractivity contribution in [1.29, 1.82) is 0 Å². The van der Waals surface area contributed by atoms with Gasteiger partial charge in [0.15, 0.2) is 5.69 Å². The number of carbonyl (C=O) groups excluding carboxylic acids is 1. The van der Waals surface area contributed by atoms with Crippen molar-refractivity contribution in [2.75, 3.05) is 11.9 Å². The highest BCUT2D eigenvalue weighted by molar-refractivity contribution is 5.96. The van der Waals surface area contributed by atoms with E-state index in [1.165, 1.54) is 6.20 Å². The molecule has 1 atom stereocenters. The minimum absolute atomic E-state index is 0.214. The Morgan fingerprint density at radius 3 is 2.47 bits per heavy atom. The number of cyclic esters (lactones) is 1. The normalized spacial score (nSPS) is 16.3. The van der Waals surface area contributed by atoms with Crippen molar-refractivity contribution in [2.24, 2.45) is 0 Å². The molecule has 0 amide bonds. The van der Waals surface area contributed by atoms with Crippen LogP contribution in [0.2, 0.25) is 0 Å². The fourth-order valence-corrected chi connectivity index (χ4v) is 5.51. The van der Waals surface area contributed by atoms with Gasteiger partial charge >= 0.3 is 5.97 Å². The van der Waals surface area contributed by atoms with Crippen LogP contribution >= 0.6 is 0 Å². The van der Waals surface area contributed by atoms with Gasteiger partial charge in [-0.05, 0) is 50.6 Å². The van der Waals surface area contributed by atoms with Gasteiger partial charge in [-0.1, -0.05) is 48.5 Å². The lowest BCUT2D eigenvalue weighted by Gasteiger charge is -2.31. The smallest absolute Gasteiger partial charge is 0.361 e. The number of esters is 1. The molecule has 2 aromatic heterocycles. The molecular weight excluding hydrogens is 476 g/mol. The molecule has 5 aromatic rings. The van der Waals surface area contributed by atoms with Crippen molar-refractivity contribution in [3.8, 4) is 16.9 Å². The largest absolute Gasteiger partial charge is 0.494 e. The van der Waals surface area contributed by atoms with Gasteiger partial charge in [-0.3, -0.25) is 4.98 Å². The van der Waals surface area contributed by atoms with Crippen LogP contribution in [0.25, 0.3) is 22.0 Å². The lowest BCUT2D eigenvalue weighted by molar-refractivity contribution is 0.0203. The van der Waals surface area contributed by atoms with Crippen LogP contribution in [0.5, 0.6) is 5.75 Å². The van der Waals surface area contributed by atoms with Crippen molar-refractivity contribution >= 4 is 22.6 Å². The van der Waals surface area contributed by atoms with Gasteiger partial charge in [0.1, 0.15) is 11.4 Å². The van der Waals surface area contributed by atoms with Gasteiger partial charge < -0.3 is 19.4 Å². The highest BCUT2D eigenvalue weighted by atomic mass is 16.6. The number of benzene rings is 3. The maximum atomic E-state index is 13.2. The zero-order valence-electron chi connectivity index (χ0n) is 21.6. The van der Waals surface area contributed by atoms with E-state index in [2.05, 4.69) is 45.8 Å². The van der Waals surface area contributed by atoms with Crippen LogP contribution in [-0.2, 0) is 17.0 Å². The van der Waals surface area contributed by atoms with E-state index in [4.69, 9.17) is 9.47 Å². The summed E-state index contributed by atoms with van der Waals surface area (Å²) in [4.78, 5) is 22.2. The van der Waals surface area contributed by atoms with Crippen molar-refractivity contribution in [3.63, 3.8) is 0 Å². The van der Waals surface area contributed by atoms with Crippen LogP contribution in [0.3, 0.4) is 0 Å². The number of anilines is 1. The number of hydrogen-bond donors (Lipinski definition) is 1. The van der Waals surface area contributed by atoms with Crippen molar-refractivity contribution in [3.05, 3.63) is 108 Å². The number of carbonyl (C=O) groups is 1. The van der Waals surface area contributed by atoms with Crippen LogP contribution in [0.1, 0.15) is 41.3 Å². The second-order valence-corrected chi connectivity index (χ2v) is 9.17. The number of nitrogens with one attached hydrogen (secondary N) is 1. The Morgan fingerprint density at radius 2 is 1.68 bits per heavy atom. The second-order valence-electron chi connectivity index (χ2n) is 9.17. The van der Waals surface area contributed by atoms with Gasteiger partial charge in [0.2, 0.25) is 0 Å². The summed E-state index contributed by atoms with van der Waals surface area (Å²) >= 11 is 0. The van der Waals surface area contributed by atoms with Gasteiger partial charge in [-0.25, -0.2) is 9.78 Å². The fraction of sp³-hybridized carbons (Fsp3) is 0.194. The first-order valence-corrected chi connectivity index (χ1v) is 12.8. The Labute approximate surface area is 221 Å². The lowest BCUT2D eigenvalue weighted by atomic mass is 9.94. The zero-order valence-corrected chi connectivity index (χ0v) is 21.6. The summed E-state index contributed by atoms with van der Waals surface area (Å²) in [5, 5.41) is 4.63. The monoisotopic (exact) mass is 504 g/mol. The molecule has 0 saturated carbocycles. The molecular formula is C31H28N4O3. The molecule has 190 valence electrons. The quantitative estimate of drug-likeness (QED) is 0.262. The summed E-state index contributed by atoms with van der Waals surface area (Å²) in [6.45, 7) is 7.51. The molecule has 1 aliphatic heterocycles. The molecule has 38 heavy (non-hydrogen) atoms. The third kappa shape index (κ3) is 3.62. The van der Waals surface area contributed by atoms with Gasteiger partial charge in [0.25, 0.3) is 5.72 Å². The summed E-state index contributed by atoms with van der Waals surface area (Å²) < 4.78 is 14.2. The van der Waals surface area contributed by atoms with Crippen molar-refractivity contribution < 1.29 is 14.3 Å². The molecule has 0 spiro atoms. The molecule has 1 aliphatic rings. The lowest BCUT2D eigenvalue weighted by Crippen LogP contribution is -2.38. The highest BCUT2D eigenvalue weighted by Gasteiger charge is 2.52. The van der Waals surface area contributed by atoms with Crippen LogP contribution in [-0.4, -0.2) is 27.1 Å². The van der Waals surface area contributed by atoms with E-state index in [1.807, 2.05) is 67.6 Å². The first-order chi connectivity index (χ1) is 18.6. The molecule has 7 heteroatoms. The van der Waals surface area contributed by atoms with Crippen molar-refractivity contribution in [2.45, 2.75) is 33.0 Å². The maximum absolute atomic E-state index is 13.2. The average Bonchev–Trinajstić information content (AvgIpc) is 3.40. The standard InChI is InChI=1S/C31H28N4O3/c1-4-35-20(3)27(24-11-7-9-13-26(24)35)31(29-28(30(36)38-31)32-18-19-33-29)34-25-12-8-6-10-23(25)21-14-16-22(17-15-21)37-5-2/h6-19,34H,4-5H2,1-3H3. The number of ether oxygens (including phenoxy) is 2. The molecule has 3 heterocycles. The third-order valence-electron chi connectivity index (χ3n) is 7.08. The van der Waals surface area contributed by atoms with E-state index < -0.39 is 11.7 Å². The highest BCUT2D eigenvalue weighted by Crippen LogP contribution is 2.47. The number of nitrogens with zero attached hydrogens (tertiary/aromatic N) is 3. The third-order valence-corrected chi connectivity index (χ3v) is 7.08. The molecule has 0 bridgehead atoms. The predicted octanol–water partition coefficient (Wildman–Crippen LogP) is 6.31. The molecule has 0 fully saturated rings. The van der Waals surface area contributed by atoms with E-state index in [0.29, 0.717) is 12.3 Å². The van der Waals surface area contributed by atoms with Crippen LogP contribution < -0.4 is 10.1 Å². The number of aromatic nitrogens is 3. The molecule has 3 aromatic carbocycles. The van der Waals surface area contributed by atoms with Crippen molar-refractivity contribution in [1.82, 2.24) is 14.5 Å². The van der Waals surface area contributed by atoms with E-state index >= 15 is 0 Å². The first-order valence-electron chi connectivity index (χ1n) is 12.8. The number of hydrogen-bond acceptors (Lipinski definition) is 6. The number of para-hydroxylation sites is 2. The Hall–Kier alpha value is -4.65. The molecule has 0 radical (unpaired) electrons. The maximum Gasteiger partial charge on any atom is 0.361 e. The SMILES string of the molecule is CCOc1ccc(-c2ccccc2NC2(c3c(C)n(CC)c4ccccc34)OC(=O)c3nccnc32)cc1. The predicted molar refractivity (Wildman–Crippen MR) is 147 cm³/mol. The molecule has 1 N–H and O–H groups in total. The van der Waals surface area contributed by atoms with Crippen LogP contribution in [0, 0.1) is 6.92 Å². The second kappa shape index (κ2) is 9.34. The van der Waals surface area contributed by atoms with E-state index in [-0.39, 0.29) is 5.69 Å². The summed E-state index contributed by atoms with van der Waals surface area (Å²) in [6, 6.07) is 24.1. The van der Waals surface area contributed by atoms with Gasteiger partial charge in [0, 0.05) is 46.8 Å². The molecule has 7 nitrogen and oxygen atoms in total.